The van der Waals surface area contributed by atoms with Crippen LogP contribution in [0, 0.1) is 0 Å². The van der Waals surface area contributed by atoms with E-state index in [1.807, 2.05) is 0 Å². The molecule has 19 heavy (non-hydrogen) atoms. The predicted octanol–water partition coefficient (Wildman–Crippen LogP) is 1.95. The van der Waals surface area contributed by atoms with E-state index in [9.17, 15) is 0 Å². The average molecular weight is 349 g/mol. The van der Waals surface area contributed by atoms with Gasteiger partial charge in [0.25, 0.3) is 0 Å². The molecule has 1 fully saturated rings. The Morgan fingerprint density at radius 1 is 1.37 bits per heavy atom. The number of ether oxygens (including phenoxy) is 2. The number of methoxy groups -OCH3 is 2. The van der Waals surface area contributed by atoms with Crippen molar-refractivity contribution in [2.24, 2.45) is 0 Å². The number of thiophene rings is 1. The molecular weight excluding hydrogens is 328 g/mol. The summed E-state index contributed by atoms with van der Waals surface area (Å²) in [5.74, 6) is 0. The third-order valence-electron chi connectivity index (χ3n) is 3.42. The Morgan fingerprint density at radius 2 is 2.05 bits per heavy atom. The molecule has 0 radical (unpaired) electrons. The Morgan fingerprint density at radius 3 is 2.58 bits per heavy atom. The second kappa shape index (κ2) is 7.71. The molecule has 1 aromatic heterocycles. The highest BCUT2D eigenvalue weighted by molar-refractivity contribution is 9.10. The maximum Gasteiger partial charge on any atom is 0.0971 e. The highest BCUT2D eigenvalue weighted by Gasteiger charge is 2.32. The fourth-order valence-electron chi connectivity index (χ4n) is 2.35. The molecule has 0 bridgehead atoms. The largest absolute Gasteiger partial charge is 0.377 e. The van der Waals surface area contributed by atoms with Crippen molar-refractivity contribution in [3.8, 4) is 0 Å². The summed E-state index contributed by atoms with van der Waals surface area (Å²) >= 11 is 5.25. The summed E-state index contributed by atoms with van der Waals surface area (Å²) in [5, 5.41) is 5.59. The maximum absolute atomic E-state index is 5.43. The smallest absolute Gasteiger partial charge is 0.0971 e. The summed E-state index contributed by atoms with van der Waals surface area (Å²) in [6.45, 7) is 4.88. The van der Waals surface area contributed by atoms with Crippen LogP contribution in [0.5, 0.6) is 0 Å². The van der Waals surface area contributed by atoms with Crippen LogP contribution >= 0.6 is 27.3 Å². The second-order valence-corrected chi connectivity index (χ2v) is 6.63. The molecule has 0 aromatic carbocycles. The number of hydrogen-bond donors (Lipinski definition) is 1. The van der Waals surface area contributed by atoms with Gasteiger partial charge in [-0.1, -0.05) is 0 Å². The molecule has 2 unspecified atom stereocenters. The molecule has 1 N–H and O–H groups in total. The van der Waals surface area contributed by atoms with Crippen LogP contribution in [0.25, 0.3) is 0 Å². The molecule has 2 rings (SSSR count). The summed E-state index contributed by atoms with van der Waals surface area (Å²) in [7, 11) is 3.51. The number of nitrogens with one attached hydrogen (secondary N) is 1. The molecule has 4 nitrogen and oxygen atoms in total. The minimum atomic E-state index is 0.207. The molecule has 1 aromatic rings. The molecule has 2 atom stereocenters. The summed E-state index contributed by atoms with van der Waals surface area (Å²) < 4.78 is 12.0. The lowest BCUT2D eigenvalue weighted by Gasteiger charge is -2.15. The molecule has 1 saturated heterocycles. The van der Waals surface area contributed by atoms with E-state index in [1.54, 1.807) is 25.6 Å². The third-order valence-corrected chi connectivity index (χ3v) is 5.12. The predicted molar refractivity (Wildman–Crippen MR) is 81.8 cm³/mol. The topological polar surface area (TPSA) is 33.7 Å². The van der Waals surface area contributed by atoms with Crippen molar-refractivity contribution >= 4 is 27.3 Å². The van der Waals surface area contributed by atoms with Gasteiger partial charge in [0, 0.05) is 61.7 Å². The van der Waals surface area contributed by atoms with Crippen molar-refractivity contribution in [3.05, 3.63) is 20.8 Å². The van der Waals surface area contributed by atoms with Gasteiger partial charge in [0.2, 0.25) is 0 Å². The van der Waals surface area contributed by atoms with Crippen LogP contribution in [-0.2, 0) is 16.0 Å². The van der Waals surface area contributed by atoms with Crippen molar-refractivity contribution < 1.29 is 9.47 Å². The van der Waals surface area contributed by atoms with E-state index < -0.39 is 0 Å². The Kier molecular flexibility index (Phi) is 6.25. The number of hydrogen-bond acceptors (Lipinski definition) is 5. The van der Waals surface area contributed by atoms with Gasteiger partial charge in [-0.15, -0.1) is 11.3 Å². The second-order valence-electron chi connectivity index (χ2n) is 4.72. The number of halogens is 1. The minimum absolute atomic E-state index is 0.207. The van der Waals surface area contributed by atoms with Gasteiger partial charge in [-0.25, -0.2) is 0 Å². The van der Waals surface area contributed by atoms with Crippen molar-refractivity contribution in [1.82, 2.24) is 10.2 Å². The Hall–Kier alpha value is 0.0200. The van der Waals surface area contributed by atoms with E-state index in [4.69, 9.17) is 9.47 Å². The zero-order chi connectivity index (χ0) is 13.7. The monoisotopic (exact) mass is 348 g/mol. The Bertz CT molecular complexity index is 376. The Labute approximate surface area is 127 Å². The normalized spacial score (nSPS) is 24.2. The fourth-order valence-corrected chi connectivity index (χ4v) is 3.77. The summed E-state index contributed by atoms with van der Waals surface area (Å²) in [4.78, 5) is 3.75. The van der Waals surface area contributed by atoms with Crippen LogP contribution < -0.4 is 5.32 Å². The van der Waals surface area contributed by atoms with Gasteiger partial charge in [0.15, 0.2) is 0 Å². The van der Waals surface area contributed by atoms with Crippen molar-refractivity contribution in [2.75, 3.05) is 40.4 Å². The van der Waals surface area contributed by atoms with Crippen LogP contribution in [0.3, 0.4) is 0 Å². The van der Waals surface area contributed by atoms with E-state index in [1.165, 1.54) is 9.35 Å². The number of rotatable bonds is 7. The lowest BCUT2D eigenvalue weighted by molar-refractivity contribution is -0.00461. The van der Waals surface area contributed by atoms with Gasteiger partial charge in [-0.05, 0) is 22.0 Å². The van der Waals surface area contributed by atoms with E-state index in [0.717, 1.165) is 32.7 Å². The molecule has 108 valence electrons. The first-order chi connectivity index (χ1) is 9.22. The lowest BCUT2D eigenvalue weighted by atomic mass is 10.3. The molecule has 0 amide bonds. The van der Waals surface area contributed by atoms with Crippen LogP contribution in [-0.4, -0.2) is 57.5 Å². The van der Waals surface area contributed by atoms with Crippen LogP contribution in [0.15, 0.2) is 15.9 Å². The lowest BCUT2D eigenvalue weighted by Crippen LogP contribution is -2.31. The van der Waals surface area contributed by atoms with Crippen molar-refractivity contribution in [3.63, 3.8) is 0 Å². The summed E-state index contributed by atoms with van der Waals surface area (Å²) in [5.41, 5.74) is 0. The first kappa shape index (κ1) is 15.4. The highest BCUT2D eigenvalue weighted by Crippen LogP contribution is 2.19. The van der Waals surface area contributed by atoms with Crippen LogP contribution in [0.2, 0.25) is 0 Å². The van der Waals surface area contributed by atoms with Gasteiger partial charge in [-0.2, -0.15) is 0 Å². The molecule has 0 saturated carbocycles. The molecule has 2 heterocycles. The number of nitrogens with zero attached hydrogens (tertiary/aromatic N) is 1. The minimum Gasteiger partial charge on any atom is -0.377 e. The molecule has 1 aliphatic rings. The quantitative estimate of drug-likeness (QED) is 0.763. The first-order valence-corrected chi connectivity index (χ1v) is 8.11. The fraction of sp³-hybridized carbons (Fsp3) is 0.692. The highest BCUT2D eigenvalue weighted by atomic mass is 79.9. The van der Waals surface area contributed by atoms with E-state index >= 15 is 0 Å². The first-order valence-electron chi connectivity index (χ1n) is 6.44. The zero-order valence-corrected chi connectivity index (χ0v) is 13.8. The standard InChI is InChI=1S/C13H21BrN2O2S/c1-17-12-7-16(8-13(12)18-2)4-3-15-6-11-5-10(14)9-19-11/h5,9,12-13,15H,3-4,6-8H2,1-2H3. The molecule has 0 spiro atoms. The SMILES string of the molecule is COC1CN(CCNCc2cc(Br)cs2)CC1OC. The Balaban J connectivity index is 1.64. The van der Waals surface area contributed by atoms with Gasteiger partial charge >= 0.3 is 0 Å². The van der Waals surface area contributed by atoms with Gasteiger partial charge < -0.3 is 14.8 Å². The number of likely N-dealkylation sites (tertiary alicyclic amines) is 1. The molecule has 1 aliphatic heterocycles. The summed E-state index contributed by atoms with van der Waals surface area (Å²) in [6, 6.07) is 2.16. The summed E-state index contributed by atoms with van der Waals surface area (Å²) in [6.07, 6.45) is 0.413. The molecule has 6 heteroatoms. The van der Waals surface area contributed by atoms with Crippen molar-refractivity contribution in [2.45, 2.75) is 18.8 Å². The van der Waals surface area contributed by atoms with E-state index in [2.05, 4.69) is 37.6 Å². The van der Waals surface area contributed by atoms with Crippen molar-refractivity contribution in [1.29, 1.82) is 0 Å². The molecular formula is C13H21BrN2O2S. The van der Waals surface area contributed by atoms with Gasteiger partial charge in [-0.3, -0.25) is 4.90 Å². The average Bonchev–Trinajstić information content (AvgIpc) is 3.00. The van der Waals surface area contributed by atoms with E-state index in [0.29, 0.717) is 0 Å². The van der Waals surface area contributed by atoms with E-state index in [-0.39, 0.29) is 12.2 Å². The van der Waals surface area contributed by atoms with Crippen LogP contribution in [0.4, 0.5) is 0 Å². The molecule has 0 aliphatic carbocycles. The van der Waals surface area contributed by atoms with Crippen LogP contribution in [0.1, 0.15) is 4.88 Å². The maximum atomic E-state index is 5.43. The van der Waals surface area contributed by atoms with Gasteiger partial charge in [0.05, 0.1) is 12.2 Å². The zero-order valence-electron chi connectivity index (χ0n) is 11.4. The van der Waals surface area contributed by atoms with Gasteiger partial charge in [0.1, 0.15) is 0 Å². The third kappa shape index (κ3) is 4.51.